The number of carbonyl (C=O) groups excluding carboxylic acids is 1. The van der Waals surface area contributed by atoms with E-state index >= 15 is 0 Å². The first-order valence-electron chi connectivity index (χ1n) is 1.48. The summed E-state index contributed by atoms with van der Waals surface area (Å²) < 4.78 is 0. The van der Waals surface area contributed by atoms with E-state index in [1.54, 1.807) is 0 Å². The smallest absolute Gasteiger partial charge is 0.178 e. The van der Waals surface area contributed by atoms with Crippen molar-refractivity contribution < 1.29 is 4.79 Å². The maximum absolute atomic E-state index is 9.82. The predicted octanol–water partition coefficient (Wildman–Crippen LogP) is 0.608. The summed E-state index contributed by atoms with van der Waals surface area (Å²) in [6.07, 6.45) is 1.81. The molecule has 1 heteroatoms. The first-order chi connectivity index (χ1) is 2.81. The van der Waals surface area contributed by atoms with Crippen molar-refractivity contribution in [3.8, 4) is 0 Å². The molecule has 0 bridgehead atoms. The second-order valence-corrected chi connectivity index (χ2v) is 0.751. The zero-order valence-corrected chi connectivity index (χ0v) is 3.27. The van der Waals surface area contributed by atoms with Gasteiger partial charge in [0.1, 0.15) is 0 Å². The highest BCUT2D eigenvalue weighted by molar-refractivity contribution is 5.97. The van der Waals surface area contributed by atoms with Gasteiger partial charge in [0, 0.05) is 0 Å². The number of allylic oxidation sites excluding steroid dienone is 2. The first-order valence-corrected chi connectivity index (χ1v) is 1.48. The molecule has 0 fully saturated rings. The molecular formula is C5H4O. The minimum atomic E-state index is -0.352. The monoisotopic (exact) mass is 80.0 g/mol. The second kappa shape index (κ2) is 2.39. The Hall–Kier alpha value is -0.850. The van der Waals surface area contributed by atoms with Crippen LogP contribution in [0.5, 0.6) is 0 Å². The van der Waals surface area contributed by atoms with Gasteiger partial charge in [-0.15, -0.1) is 0 Å². The van der Waals surface area contributed by atoms with Crippen molar-refractivity contribution >= 4 is 5.78 Å². The topological polar surface area (TPSA) is 17.1 Å². The molecule has 0 unspecified atom stereocenters. The van der Waals surface area contributed by atoms with E-state index in [2.05, 4.69) is 6.58 Å². The Labute approximate surface area is 37.0 Å². The van der Waals surface area contributed by atoms with Gasteiger partial charge in [0.15, 0.2) is 5.78 Å². The van der Waals surface area contributed by atoms with Crippen LogP contribution in [0.1, 0.15) is 0 Å². The molecule has 0 aliphatic carbocycles. The Kier molecular flexibility index (Phi) is 2.05. The van der Waals surface area contributed by atoms with Crippen molar-refractivity contribution in [2.45, 2.75) is 0 Å². The van der Waals surface area contributed by atoms with Crippen molar-refractivity contribution in [1.82, 2.24) is 0 Å². The molecule has 0 aromatic rings. The SMILES string of the molecule is [C]=CC(=O)C=C. The summed E-state index contributed by atoms with van der Waals surface area (Å²) in [6, 6.07) is 0. The standard InChI is InChI=1S/C5H4O/c1-3-5(6)4-2/h3-4H,1H2. The molecule has 0 aliphatic heterocycles. The molecule has 1 nitrogen and oxygen atoms in total. The molecule has 2 radical (unpaired) electrons. The third-order valence-corrected chi connectivity index (χ3v) is 0.343. The number of hydrogen-bond acceptors (Lipinski definition) is 1. The molecule has 0 saturated heterocycles. The lowest BCUT2D eigenvalue weighted by molar-refractivity contribution is -0.110. The van der Waals surface area contributed by atoms with E-state index < -0.39 is 0 Å². The van der Waals surface area contributed by atoms with Gasteiger partial charge in [-0.3, -0.25) is 4.79 Å². The van der Waals surface area contributed by atoms with Crippen molar-refractivity contribution in [3.05, 3.63) is 25.3 Å². The van der Waals surface area contributed by atoms with Crippen LogP contribution in [0.4, 0.5) is 0 Å². The summed E-state index contributed by atoms with van der Waals surface area (Å²) in [4.78, 5) is 9.82. The van der Waals surface area contributed by atoms with Crippen molar-refractivity contribution in [2.75, 3.05) is 0 Å². The summed E-state index contributed by atoms with van der Waals surface area (Å²) >= 11 is 0. The highest BCUT2D eigenvalue weighted by atomic mass is 16.1. The van der Waals surface area contributed by atoms with Gasteiger partial charge in [-0.1, -0.05) is 6.58 Å². The third-order valence-electron chi connectivity index (χ3n) is 0.343. The van der Waals surface area contributed by atoms with Crippen LogP contribution in [0.2, 0.25) is 0 Å². The van der Waals surface area contributed by atoms with Crippen LogP contribution in [0.15, 0.2) is 18.7 Å². The number of carbonyl (C=O) groups is 1. The Balaban J connectivity index is 3.52. The average Bonchev–Trinajstić information content (AvgIpc) is 1.65. The van der Waals surface area contributed by atoms with Gasteiger partial charge in [-0.05, 0) is 18.7 Å². The molecule has 0 aromatic carbocycles. The lowest BCUT2D eigenvalue weighted by Crippen LogP contribution is -1.78. The second-order valence-electron chi connectivity index (χ2n) is 0.751. The van der Waals surface area contributed by atoms with E-state index in [1.807, 2.05) is 0 Å². The normalized spacial score (nSPS) is 6.67. The molecule has 0 aromatic heterocycles. The molecule has 0 amide bonds. The molecule has 0 aliphatic rings. The number of hydrogen-bond donors (Lipinski definition) is 0. The van der Waals surface area contributed by atoms with E-state index in [-0.39, 0.29) is 5.78 Å². The number of ketones is 1. The van der Waals surface area contributed by atoms with Crippen LogP contribution >= 0.6 is 0 Å². The first kappa shape index (κ1) is 5.15. The molecule has 6 heavy (non-hydrogen) atoms. The quantitative estimate of drug-likeness (QED) is 0.444. The Morgan fingerprint density at radius 2 is 2.33 bits per heavy atom. The summed E-state index contributed by atoms with van der Waals surface area (Å²) in [5.74, 6) is -0.352. The van der Waals surface area contributed by atoms with Crippen LogP contribution in [-0.2, 0) is 4.79 Å². The minimum absolute atomic E-state index is 0.352. The summed E-state index contributed by atoms with van der Waals surface area (Å²) in [5, 5.41) is 0. The van der Waals surface area contributed by atoms with Gasteiger partial charge in [0.2, 0.25) is 0 Å². The molecule has 0 rings (SSSR count). The zero-order valence-electron chi connectivity index (χ0n) is 3.27. The van der Waals surface area contributed by atoms with Gasteiger partial charge < -0.3 is 0 Å². The Morgan fingerprint density at radius 1 is 1.83 bits per heavy atom. The van der Waals surface area contributed by atoms with Gasteiger partial charge >= 0.3 is 0 Å². The van der Waals surface area contributed by atoms with Crippen LogP contribution in [0, 0.1) is 6.58 Å². The fraction of sp³-hybridized carbons (Fsp3) is 0. The van der Waals surface area contributed by atoms with Crippen molar-refractivity contribution in [2.24, 2.45) is 0 Å². The fourth-order valence-corrected chi connectivity index (χ4v) is 0.0589. The van der Waals surface area contributed by atoms with Crippen LogP contribution in [0.3, 0.4) is 0 Å². The molecular weight excluding hydrogens is 76.1 g/mol. The minimum Gasteiger partial charge on any atom is -0.290 e. The van der Waals surface area contributed by atoms with Crippen molar-refractivity contribution in [3.63, 3.8) is 0 Å². The van der Waals surface area contributed by atoms with Gasteiger partial charge in [0.25, 0.3) is 0 Å². The van der Waals surface area contributed by atoms with Crippen LogP contribution < -0.4 is 0 Å². The van der Waals surface area contributed by atoms with Crippen LogP contribution in [-0.4, -0.2) is 5.78 Å². The molecule has 30 valence electrons. The summed E-state index contributed by atoms with van der Waals surface area (Å²) in [6.45, 7) is 9.39. The highest BCUT2D eigenvalue weighted by Crippen LogP contribution is 1.67. The Bertz CT molecular complexity index is 71.9. The molecule has 0 heterocycles. The lowest BCUT2D eigenvalue weighted by atomic mass is 10.4. The molecule has 0 atom stereocenters. The number of rotatable bonds is 2. The van der Waals surface area contributed by atoms with Gasteiger partial charge in [0.05, 0.1) is 0 Å². The van der Waals surface area contributed by atoms with E-state index in [0.717, 1.165) is 6.08 Å². The maximum Gasteiger partial charge on any atom is 0.178 e. The zero-order chi connectivity index (χ0) is 4.99. The van der Waals surface area contributed by atoms with E-state index in [4.69, 9.17) is 6.58 Å². The van der Waals surface area contributed by atoms with Gasteiger partial charge in [-0.25, -0.2) is 0 Å². The van der Waals surface area contributed by atoms with Crippen LogP contribution in [0.25, 0.3) is 0 Å². The van der Waals surface area contributed by atoms with Crippen molar-refractivity contribution in [1.29, 1.82) is 0 Å². The average molecular weight is 80.1 g/mol. The summed E-state index contributed by atoms with van der Waals surface area (Å²) in [7, 11) is 0. The summed E-state index contributed by atoms with van der Waals surface area (Å²) in [5.41, 5.74) is 0. The highest BCUT2D eigenvalue weighted by Gasteiger charge is 1.76. The molecule has 0 saturated carbocycles. The third kappa shape index (κ3) is 1.47. The Morgan fingerprint density at radius 3 is 2.33 bits per heavy atom. The molecule has 0 N–H and O–H groups in total. The lowest BCUT2D eigenvalue weighted by Gasteiger charge is -1.67. The van der Waals surface area contributed by atoms with E-state index in [1.165, 1.54) is 0 Å². The van der Waals surface area contributed by atoms with E-state index in [0.29, 0.717) is 6.08 Å². The fourth-order valence-electron chi connectivity index (χ4n) is 0.0589. The predicted molar refractivity (Wildman–Crippen MR) is 23.0 cm³/mol. The largest absolute Gasteiger partial charge is 0.290 e. The molecule has 0 spiro atoms. The van der Waals surface area contributed by atoms with E-state index in [9.17, 15) is 4.79 Å². The maximum atomic E-state index is 9.82. The van der Waals surface area contributed by atoms with Gasteiger partial charge in [-0.2, -0.15) is 0 Å².